The van der Waals surface area contributed by atoms with Gasteiger partial charge in [0.15, 0.2) is 11.5 Å². The molecule has 5 nitrogen and oxygen atoms in total. The molecule has 0 saturated heterocycles. The minimum absolute atomic E-state index is 0.0464. The van der Waals surface area contributed by atoms with Crippen LogP contribution < -0.4 is 14.8 Å². The van der Waals surface area contributed by atoms with Crippen molar-refractivity contribution in [1.82, 2.24) is 0 Å². The third kappa shape index (κ3) is 6.50. The maximum Gasteiger partial charge on any atom is 0.266 e. The number of hydrogen-bond donors (Lipinski definition) is 1. The van der Waals surface area contributed by atoms with Crippen LogP contribution in [0, 0.1) is 18.3 Å². The zero-order valence-corrected chi connectivity index (χ0v) is 19.9. The van der Waals surface area contributed by atoms with Gasteiger partial charge < -0.3 is 14.8 Å². The fourth-order valence-electron chi connectivity index (χ4n) is 3.28. The first kappa shape index (κ1) is 24.6. The number of carbonyl (C=O) groups is 1. The number of aryl methyl sites for hydroxylation is 1. The second-order valence-electron chi connectivity index (χ2n) is 7.61. The molecule has 1 N–H and O–H groups in total. The highest BCUT2D eigenvalue weighted by Gasteiger charge is 2.15. The van der Waals surface area contributed by atoms with Crippen molar-refractivity contribution < 1.29 is 14.3 Å². The molecular formula is C28H25ClN2O3. The number of anilines is 1. The number of nitrogens with zero attached hydrogens (tertiary/aromatic N) is 1. The number of rotatable bonds is 9. The Bertz CT molecular complexity index is 1240. The van der Waals surface area contributed by atoms with E-state index in [0.29, 0.717) is 40.8 Å². The van der Waals surface area contributed by atoms with E-state index in [1.54, 1.807) is 43.5 Å². The van der Waals surface area contributed by atoms with Gasteiger partial charge in [-0.3, -0.25) is 4.79 Å². The molecule has 0 atom stereocenters. The summed E-state index contributed by atoms with van der Waals surface area (Å²) in [4.78, 5) is 12.6. The van der Waals surface area contributed by atoms with Crippen molar-refractivity contribution in [3.05, 3.63) is 106 Å². The molecule has 0 aliphatic heterocycles. The first-order chi connectivity index (χ1) is 16.4. The van der Waals surface area contributed by atoms with Gasteiger partial charge in [-0.15, -0.1) is 6.58 Å². The third-order valence-corrected chi connectivity index (χ3v) is 5.27. The monoisotopic (exact) mass is 472 g/mol. The lowest BCUT2D eigenvalue weighted by Gasteiger charge is -2.16. The van der Waals surface area contributed by atoms with Crippen LogP contribution >= 0.6 is 11.6 Å². The largest absolute Gasteiger partial charge is 0.493 e. The summed E-state index contributed by atoms with van der Waals surface area (Å²) in [5, 5.41) is 12.8. The Hall–Kier alpha value is -4.01. The zero-order valence-electron chi connectivity index (χ0n) is 19.1. The molecule has 6 heteroatoms. The average Bonchev–Trinajstić information content (AvgIpc) is 2.84. The van der Waals surface area contributed by atoms with E-state index in [0.717, 1.165) is 11.1 Å². The zero-order chi connectivity index (χ0) is 24.5. The summed E-state index contributed by atoms with van der Waals surface area (Å²) >= 11 is 5.89. The predicted molar refractivity (Wildman–Crippen MR) is 136 cm³/mol. The van der Waals surface area contributed by atoms with Crippen LogP contribution in [0.25, 0.3) is 6.08 Å². The maximum absolute atomic E-state index is 12.6. The number of ether oxygens (including phenoxy) is 2. The van der Waals surface area contributed by atoms with Crippen molar-refractivity contribution in [2.75, 3.05) is 12.4 Å². The highest BCUT2D eigenvalue weighted by atomic mass is 35.5. The number of nitrogens with one attached hydrogen (secondary N) is 1. The van der Waals surface area contributed by atoms with Gasteiger partial charge in [0, 0.05) is 16.3 Å². The van der Waals surface area contributed by atoms with Crippen molar-refractivity contribution in [2.45, 2.75) is 20.0 Å². The van der Waals surface area contributed by atoms with Gasteiger partial charge in [0.25, 0.3) is 5.91 Å². The molecular weight excluding hydrogens is 448 g/mol. The van der Waals surface area contributed by atoms with Gasteiger partial charge in [-0.2, -0.15) is 5.26 Å². The Labute approximate surface area is 204 Å². The van der Waals surface area contributed by atoms with Crippen LogP contribution in [0.2, 0.25) is 5.02 Å². The standard InChI is InChI=1S/C28H25ClN2O3/c1-4-5-22-14-21(15-23(17-30)28(32)31-25-12-10-24(29)11-13-25)16-26(33-3)27(22)34-18-20-8-6-19(2)7-9-20/h4,6-16H,1,5,18H2,2-3H3,(H,31,32)/b23-15+. The lowest BCUT2D eigenvalue weighted by atomic mass is 10.0. The molecule has 3 aromatic rings. The molecule has 3 aromatic carbocycles. The fourth-order valence-corrected chi connectivity index (χ4v) is 3.40. The van der Waals surface area contributed by atoms with Gasteiger partial charge >= 0.3 is 0 Å². The molecule has 0 heterocycles. The van der Waals surface area contributed by atoms with Crippen molar-refractivity contribution in [2.24, 2.45) is 0 Å². The molecule has 0 aliphatic rings. The quantitative estimate of drug-likeness (QED) is 0.219. The highest BCUT2D eigenvalue weighted by molar-refractivity contribution is 6.30. The minimum atomic E-state index is -0.520. The molecule has 0 unspecified atom stereocenters. The summed E-state index contributed by atoms with van der Waals surface area (Å²) in [5.41, 5.74) is 4.18. The molecule has 0 fully saturated rings. The summed E-state index contributed by atoms with van der Waals surface area (Å²) in [6.07, 6.45) is 3.81. The van der Waals surface area contributed by atoms with Crippen LogP contribution in [-0.4, -0.2) is 13.0 Å². The molecule has 0 aliphatic carbocycles. The number of methoxy groups -OCH3 is 1. The van der Waals surface area contributed by atoms with Crippen molar-refractivity contribution in [1.29, 1.82) is 5.26 Å². The first-order valence-electron chi connectivity index (χ1n) is 10.6. The number of halogens is 1. The van der Waals surface area contributed by atoms with Crippen molar-refractivity contribution in [3.8, 4) is 17.6 Å². The van der Waals surface area contributed by atoms with E-state index in [4.69, 9.17) is 21.1 Å². The maximum atomic E-state index is 12.6. The van der Waals surface area contributed by atoms with Gasteiger partial charge in [0.2, 0.25) is 0 Å². The molecule has 3 rings (SSSR count). The molecule has 0 bridgehead atoms. The summed E-state index contributed by atoms with van der Waals surface area (Å²) in [5.74, 6) is 0.589. The van der Waals surface area contributed by atoms with E-state index in [2.05, 4.69) is 11.9 Å². The smallest absolute Gasteiger partial charge is 0.266 e. The summed E-state index contributed by atoms with van der Waals surface area (Å²) in [6.45, 7) is 6.24. The van der Waals surface area contributed by atoms with Crippen LogP contribution in [0.5, 0.6) is 11.5 Å². The average molecular weight is 473 g/mol. The van der Waals surface area contributed by atoms with E-state index >= 15 is 0 Å². The predicted octanol–water partition coefficient (Wildman–Crippen LogP) is 6.51. The summed E-state index contributed by atoms with van der Waals surface area (Å²) in [7, 11) is 1.55. The Kier molecular flexibility index (Phi) is 8.50. The first-order valence-corrected chi connectivity index (χ1v) is 11.0. The van der Waals surface area contributed by atoms with Crippen molar-refractivity contribution in [3.63, 3.8) is 0 Å². The van der Waals surface area contributed by atoms with E-state index in [9.17, 15) is 10.1 Å². The van der Waals surface area contributed by atoms with Crippen LogP contribution in [0.1, 0.15) is 22.3 Å². The SMILES string of the molecule is C=CCc1cc(/C=C(\C#N)C(=O)Nc2ccc(Cl)cc2)cc(OC)c1OCc1ccc(C)cc1. The van der Waals surface area contributed by atoms with E-state index in [-0.39, 0.29) is 5.57 Å². The molecule has 1 amide bonds. The number of carbonyl (C=O) groups excluding carboxylic acids is 1. The fraction of sp³-hybridized carbons (Fsp3) is 0.143. The Morgan fingerprint density at radius 3 is 2.47 bits per heavy atom. The topological polar surface area (TPSA) is 71.4 Å². The molecule has 172 valence electrons. The Morgan fingerprint density at radius 2 is 1.85 bits per heavy atom. The molecule has 0 spiro atoms. The van der Waals surface area contributed by atoms with E-state index in [1.165, 1.54) is 11.6 Å². The van der Waals surface area contributed by atoms with Gasteiger partial charge in [0.1, 0.15) is 18.2 Å². The number of hydrogen-bond acceptors (Lipinski definition) is 4. The van der Waals surface area contributed by atoms with Gasteiger partial charge in [-0.05, 0) is 66.9 Å². The Morgan fingerprint density at radius 1 is 1.15 bits per heavy atom. The summed E-state index contributed by atoms with van der Waals surface area (Å²) in [6, 6.07) is 20.3. The number of nitriles is 1. The second-order valence-corrected chi connectivity index (χ2v) is 8.05. The Balaban J connectivity index is 1.88. The van der Waals surface area contributed by atoms with Gasteiger partial charge in [0.05, 0.1) is 7.11 Å². The minimum Gasteiger partial charge on any atom is -0.493 e. The van der Waals surface area contributed by atoms with Gasteiger partial charge in [-0.1, -0.05) is 47.5 Å². The molecule has 0 radical (unpaired) electrons. The highest BCUT2D eigenvalue weighted by Crippen LogP contribution is 2.35. The number of allylic oxidation sites excluding steroid dienone is 1. The van der Waals surface area contributed by atoms with Gasteiger partial charge in [-0.25, -0.2) is 0 Å². The van der Waals surface area contributed by atoms with Crippen LogP contribution in [-0.2, 0) is 17.8 Å². The van der Waals surface area contributed by atoms with E-state index < -0.39 is 5.91 Å². The second kappa shape index (κ2) is 11.7. The van der Waals surface area contributed by atoms with Crippen molar-refractivity contribution >= 4 is 29.3 Å². The number of amides is 1. The molecule has 0 saturated carbocycles. The third-order valence-electron chi connectivity index (χ3n) is 5.02. The lowest BCUT2D eigenvalue weighted by Crippen LogP contribution is -2.13. The molecule has 0 aromatic heterocycles. The van der Waals surface area contributed by atoms with E-state index in [1.807, 2.05) is 43.3 Å². The van der Waals surface area contributed by atoms with Crippen LogP contribution in [0.4, 0.5) is 5.69 Å². The molecule has 34 heavy (non-hydrogen) atoms. The lowest BCUT2D eigenvalue weighted by molar-refractivity contribution is -0.112. The normalized spacial score (nSPS) is 10.8. The van der Waals surface area contributed by atoms with Crippen LogP contribution in [0.3, 0.4) is 0 Å². The summed E-state index contributed by atoms with van der Waals surface area (Å²) < 4.78 is 11.7. The number of benzene rings is 3. The van der Waals surface area contributed by atoms with Crippen LogP contribution in [0.15, 0.2) is 78.9 Å².